The van der Waals surface area contributed by atoms with Crippen LogP contribution in [0.2, 0.25) is 0 Å². The standard InChI is InChI=1S/C63H39N5O/c1-6-20-40(21-7-1)50-38-44(63-65-61(42-24-10-3-11-25-42)64-62(66-63)43-26-12-4-13-27-43)39-51(41-22-8-2-9-23-41)58(50)68-53-33-19-17-31-49(53)57-55(68)37-35-47-46-34-36-54-56(59(46)69-60(47)57)48-30-16-18-32-52(48)67(54)45-28-14-5-15-29-45/h1-39H. The summed E-state index contributed by atoms with van der Waals surface area (Å²) in [5, 5.41) is 6.62. The molecule has 0 aliphatic carbocycles. The molecule has 4 heterocycles. The first-order valence-corrected chi connectivity index (χ1v) is 23.3. The number of furan rings is 1. The number of hydrogen-bond acceptors (Lipinski definition) is 4. The lowest BCUT2D eigenvalue weighted by Gasteiger charge is -2.21. The summed E-state index contributed by atoms with van der Waals surface area (Å²) in [6.45, 7) is 0. The lowest BCUT2D eigenvalue weighted by molar-refractivity contribution is 0.677. The van der Waals surface area contributed by atoms with E-state index in [-0.39, 0.29) is 0 Å². The number of fused-ring (bicyclic) bond motifs is 11. The van der Waals surface area contributed by atoms with E-state index in [1.54, 1.807) is 0 Å². The van der Waals surface area contributed by atoms with Crippen molar-refractivity contribution < 1.29 is 4.42 Å². The van der Waals surface area contributed by atoms with Crippen LogP contribution in [-0.4, -0.2) is 24.1 Å². The van der Waals surface area contributed by atoms with Crippen LogP contribution in [0.3, 0.4) is 0 Å². The fourth-order valence-electron chi connectivity index (χ4n) is 10.5. The van der Waals surface area contributed by atoms with E-state index in [2.05, 4.69) is 209 Å². The van der Waals surface area contributed by atoms with Crippen molar-refractivity contribution in [3.8, 4) is 67.8 Å². The Labute approximate surface area is 396 Å². The SMILES string of the molecule is c1ccc(-c2nc(-c3ccccc3)nc(-c3cc(-c4ccccc4)c(-n4c5ccccc5c5c6oc7c(ccc8c7c7ccccc7n8-c7ccccc7)c6ccc54)c(-c4ccccc4)c3)n2)cc1. The zero-order chi connectivity index (χ0) is 45.4. The van der Waals surface area contributed by atoms with Crippen molar-refractivity contribution in [2.24, 2.45) is 0 Å². The van der Waals surface area contributed by atoms with Gasteiger partial charge in [-0.05, 0) is 71.8 Å². The van der Waals surface area contributed by atoms with Crippen LogP contribution >= 0.6 is 0 Å². The average molecular weight is 882 g/mol. The first-order chi connectivity index (χ1) is 34.2. The maximum atomic E-state index is 7.35. The van der Waals surface area contributed by atoms with Crippen LogP contribution in [0, 0.1) is 0 Å². The third kappa shape index (κ3) is 6.16. The van der Waals surface area contributed by atoms with Crippen molar-refractivity contribution in [1.29, 1.82) is 0 Å². The van der Waals surface area contributed by atoms with Crippen LogP contribution in [0.4, 0.5) is 0 Å². The minimum Gasteiger partial charge on any atom is -0.455 e. The van der Waals surface area contributed by atoms with Gasteiger partial charge in [-0.25, -0.2) is 15.0 Å². The monoisotopic (exact) mass is 881 g/mol. The zero-order valence-electron chi connectivity index (χ0n) is 37.2. The molecule has 0 saturated heterocycles. The lowest BCUT2D eigenvalue weighted by Crippen LogP contribution is -2.04. The molecular formula is C63H39N5O. The molecule has 0 radical (unpaired) electrons. The number of para-hydroxylation sites is 3. The van der Waals surface area contributed by atoms with Crippen molar-refractivity contribution >= 4 is 65.6 Å². The largest absolute Gasteiger partial charge is 0.455 e. The van der Waals surface area contributed by atoms with Gasteiger partial charge in [0, 0.05) is 55.0 Å². The highest BCUT2D eigenvalue weighted by Crippen LogP contribution is 2.48. The van der Waals surface area contributed by atoms with Crippen LogP contribution < -0.4 is 0 Å². The highest BCUT2D eigenvalue weighted by Gasteiger charge is 2.26. The molecule has 0 saturated carbocycles. The zero-order valence-corrected chi connectivity index (χ0v) is 37.2. The third-order valence-corrected chi connectivity index (χ3v) is 13.6. The van der Waals surface area contributed by atoms with Crippen molar-refractivity contribution in [3.63, 3.8) is 0 Å². The van der Waals surface area contributed by atoms with Gasteiger partial charge in [-0.3, -0.25) is 0 Å². The second-order valence-corrected chi connectivity index (χ2v) is 17.5. The van der Waals surface area contributed by atoms with E-state index in [9.17, 15) is 0 Å². The molecule has 0 atom stereocenters. The normalized spacial score (nSPS) is 11.8. The topological polar surface area (TPSA) is 61.7 Å². The Morgan fingerprint density at radius 1 is 0.290 bits per heavy atom. The molecule has 0 N–H and O–H groups in total. The fraction of sp³-hybridized carbons (Fsp3) is 0. The maximum Gasteiger partial charge on any atom is 0.164 e. The van der Waals surface area contributed by atoms with Crippen LogP contribution in [0.5, 0.6) is 0 Å². The smallest absolute Gasteiger partial charge is 0.164 e. The summed E-state index contributed by atoms with van der Waals surface area (Å²) in [6, 6.07) is 83.2. The lowest BCUT2D eigenvalue weighted by atomic mass is 9.92. The van der Waals surface area contributed by atoms with Crippen molar-refractivity contribution in [1.82, 2.24) is 24.1 Å². The summed E-state index contributed by atoms with van der Waals surface area (Å²) < 4.78 is 12.1. The Kier molecular flexibility index (Phi) is 8.79. The van der Waals surface area contributed by atoms with Crippen molar-refractivity contribution in [2.75, 3.05) is 0 Å². The quantitative estimate of drug-likeness (QED) is 0.160. The number of hydrogen-bond donors (Lipinski definition) is 0. The summed E-state index contributed by atoms with van der Waals surface area (Å²) >= 11 is 0. The van der Waals surface area contributed by atoms with E-state index in [4.69, 9.17) is 19.4 Å². The van der Waals surface area contributed by atoms with Gasteiger partial charge in [-0.15, -0.1) is 0 Å². The van der Waals surface area contributed by atoms with E-state index in [0.29, 0.717) is 17.5 Å². The Hall–Kier alpha value is -9.39. The molecule has 10 aromatic carbocycles. The van der Waals surface area contributed by atoms with E-state index in [1.807, 2.05) is 36.4 Å². The number of aromatic nitrogens is 5. The second-order valence-electron chi connectivity index (χ2n) is 17.5. The molecule has 69 heavy (non-hydrogen) atoms. The first-order valence-electron chi connectivity index (χ1n) is 23.3. The van der Waals surface area contributed by atoms with Crippen LogP contribution in [0.15, 0.2) is 241 Å². The van der Waals surface area contributed by atoms with Gasteiger partial charge < -0.3 is 13.6 Å². The highest BCUT2D eigenvalue weighted by molar-refractivity contribution is 6.29. The summed E-state index contributed by atoms with van der Waals surface area (Å²) in [6.07, 6.45) is 0. The van der Waals surface area contributed by atoms with E-state index >= 15 is 0 Å². The Bertz CT molecular complexity index is 4150. The predicted octanol–water partition coefficient (Wildman–Crippen LogP) is 16.3. The summed E-state index contributed by atoms with van der Waals surface area (Å²) in [5.74, 6) is 1.82. The average Bonchev–Trinajstić information content (AvgIpc) is 4.09. The Morgan fingerprint density at radius 3 is 1.14 bits per heavy atom. The minimum atomic E-state index is 0.592. The molecule has 0 spiro atoms. The summed E-state index contributed by atoms with van der Waals surface area (Å²) in [5.41, 5.74) is 15.2. The molecule has 6 heteroatoms. The van der Waals surface area contributed by atoms with Crippen LogP contribution in [0.25, 0.3) is 133 Å². The highest BCUT2D eigenvalue weighted by atomic mass is 16.3. The predicted molar refractivity (Wildman–Crippen MR) is 283 cm³/mol. The Morgan fingerprint density at radius 2 is 0.667 bits per heavy atom. The van der Waals surface area contributed by atoms with Gasteiger partial charge in [0.05, 0.1) is 38.5 Å². The molecule has 4 aromatic heterocycles. The van der Waals surface area contributed by atoms with Gasteiger partial charge >= 0.3 is 0 Å². The summed E-state index contributed by atoms with van der Waals surface area (Å²) in [4.78, 5) is 15.5. The molecule has 0 bridgehead atoms. The number of nitrogens with zero attached hydrogens (tertiary/aromatic N) is 5. The van der Waals surface area contributed by atoms with Crippen molar-refractivity contribution in [3.05, 3.63) is 237 Å². The van der Waals surface area contributed by atoms with E-state index in [0.717, 1.165) is 116 Å². The molecule has 0 fully saturated rings. The Balaban J connectivity index is 1.08. The van der Waals surface area contributed by atoms with Gasteiger partial charge in [-0.2, -0.15) is 0 Å². The fourth-order valence-corrected chi connectivity index (χ4v) is 10.5. The van der Waals surface area contributed by atoms with Gasteiger partial charge in [0.15, 0.2) is 17.5 Å². The van der Waals surface area contributed by atoms with E-state index < -0.39 is 0 Å². The van der Waals surface area contributed by atoms with Gasteiger partial charge in [0.1, 0.15) is 11.2 Å². The molecule has 0 aliphatic rings. The molecule has 0 unspecified atom stereocenters. The molecule has 14 aromatic rings. The van der Waals surface area contributed by atoms with Crippen LogP contribution in [0.1, 0.15) is 0 Å². The number of benzene rings is 10. The van der Waals surface area contributed by atoms with E-state index in [1.165, 1.54) is 0 Å². The minimum absolute atomic E-state index is 0.592. The molecule has 0 amide bonds. The molecular weight excluding hydrogens is 843 g/mol. The van der Waals surface area contributed by atoms with Gasteiger partial charge in [0.25, 0.3) is 0 Å². The van der Waals surface area contributed by atoms with Crippen molar-refractivity contribution in [2.45, 2.75) is 0 Å². The molecule has 14 rings (SSSR count). The molecule has 6 nitrogen and oxygen atoms in total. The van der Waals surface area contributed by atoms with Gasteiger partial charge in [0.2, 0.25) is 0 Å². The third-order valence-electron chi connectivity index (χ3n) is 13.6. The molecule has 0 aliphatic heterocycles. The second kappa shape index (κ2) is 15.6. The maximum absolute atomic E-state index is 7.35. The van der Waals surface area contributed by atoms with Crippen LogP contribution in [-0.2, 0) is 0 Å². The first kappa shape index (κ1) is 38.8. The number of rotatable bonds is 7. The molecule has 322 valence electrons. The summed E-state index contributed by atoms with van der Waals surface area (Å²) in [7, 11) is 0. The van der Waals surface area contributed by atoms with Gasteiger partial charge in [-0.1, -0.05) is 176 Å².